The fourth-order valence-corrected chi connectivity index (χ4v) is 2.64. The number of nitrogens with one attached hydrogen (secondary N) is 1. The predicted octanol–water partition coefficient (Wildman–Crippen LogP) is 1.32. The van der Waals surface area contributed by atoms with Crippen LogP contribution < -0.4 is 5.32 Å². The Hall–Kier alpha value is -0.950. The van der Waals surface area contributed by atoms with Gasteiger partial charge in [-0.25, -0.2) is 0 Å². The van der Waals surface area contributed by atoms with Gasteiger partial charge in [-0.15, -0.1) is 0 Å². The lowest BCUT2D eigenvalue weighted by Gasteiger charge is -2.34. The number of nitrogens with zero attached hydrogens (tertiary/aromatic N) is 1. The average Bonchev–Trinajstić information content (AvgIpc) is 2.48. The topological polar surface area (TPSA) is 61.8 Å². The van der Waals surface area contributed by atoms with Gasteiger partial charge in [-0.2, -0.15) is 0 Å². The van der Waals surface area contributed by atoms with Crippen molar-refractivity contribution in [2.75, 3.05) is 32.9 Å². The zero-order chi connectivity index (χ0) is 15.2. The molecule has 1 aromatic rings. The van der Waals surface area contributed by atoms with Gasteiger partial charge < -0.3 is 15.2 Å². The number of aliphatic hydroxyl groups is 1. The minimum Gasteiger partial charge on any atom is -0.395 e. The molecular formula is C15H21BrN2O3. The van der Waals surface area contributed by atoms with E-state index < -0.39 is 0 Å². The van der Waals surface area contributed by atoms with Crippen LogP contribution in [-0.2, 0) is 9.53 Å². The molecule has 1 aliphatic rings. The molecule has 2 atom stereocenters. The van der Waals surface area contributed by atoms with Gasteiger partial charge in [0.25, 0.3) is 0 Å². The van der Waals surface area contributed by atoms with Gasteiger partial charge in [-0.1, -0.05) is 28.1 Å². The number of amides is 1. The molecule has 0 aromatic heterocycles. The summed E-state index contributed by atoms with van der Waals surface area (Å²) in [5.74, 6) is -0.0363. The number of carbonyl (C=O) groups is 1. The summed E-state index contributed by atoms with van der Waals surface area (Å²) < 4.78 is 6.33. The van der Waals surface area contributed by atoms with Gasteiger partial charge >= 0.3 is 0 Å². The van der Waals surface area contributed by atoms with E-state index in [1.807, 2.05) is 36.1 Å². The second-order valence-electron chi connectivity index (χ2n) is 5.22. The summed E-state index contributed by atoms with van der Waals surface area (Å²) in [6.07, 6.45) is 0. The Morgan fingerprint density at radius 1 is 1.52 bits per heavy atom. The van der Waals surface area contributed by atoms with Crippen molar-refractivity contribution in [3.05, 3.63) is 34.3 Å². The van der Waals surface area contributed by atoms with Crippen LogP contribution in [0.2, 0.25) is 0 Å². The number of ether oxygens (including phenoxy) is 1. The van der Waals surface area contributed by atoms with E-state index in [0.717, 1.165) is 10.0 Å². The molecule has 1 heterocycles. The number of halogens is 1. The van der Waals surface area contributed by atoms with E-state index in [-0.39, 0.29) is 31.1 Å². The van der Waals surface area contributed by atoms with E-state index in [2.05, 4.69) is 21.2 Å². The molecule has 1 fully saturated rings. The van der Waals surface area contributed by atoms with Crippen LogP contribution in [0.4, 0.5) is 0 Å². The van der Waals surface area contributed by atoms with Crippen LogP contribution >= 0.6 is 15.9 Å². The third-order valence-electron chi connectivity index (χ3n) is 3.65. The van der Waals surface area contributed by atoms with Crippen LogP contribution in [0.15, 0.2) is 28.7 Å². The number of morpholine rings is 1. The van der Waals surface area contributed by atoms with Crippen molar-refractivity contribution in [1.29, 1.82) is 0 Å². The number of hydrogen-bond acceptors (Lipinski definition) is 4. The molecule has 0 aliphatic carbocycles. The van der Waals surface area contributed by atoms with E-state index in [1.54, 1.807) is 0 Å². The van der Waals surface area contributed by atoms with Crippen molar-refractivity contribution in [1.82, 2.24) is 10.2 Å². The number of hydrogen-bond donors (Lipinski definition) is 2. The molecule has 1 aliphatic heterocycles. The second kappa shape index (κ2) is 7.89. The van der Waals surface area contributed by atoms with Crippen molar-refractivity contribution >= 4 is 21.8 Å². The van der Waals surface area contributed by atoms with Gasteiger partial charge in [0, 0.05) is 11.0 Å². The normalized spacial score (nSPS) is 21.0. The van der Waals surface area contributed by atoms with Gasteiger partial charge in [0.2, 0.25) is 5.91 Å². The van der Waals surface area contributed by atoms with Gasteiger partial charge in [0.1, 0.15) is 0 Å². The summed E-state index contributed by atoms with van der Waals surface area (Å²) in [5, 5.41) is 12.3. The Morgan fingerprint density at radius 3 is 2.90 bits per heavy atom. The van der Waals surface area contributed by atoms with Crippen molar-refractivity contribution in [2.24, 2.45) is 0 Å². The van der Waals surface area contributed by atoms with Crippen molar-refractivity contribution in [3.63, 3.8) is 0 Å². The number of benzene rings is 1. The quantitative estimate of drug-likeness (QED) is 0.835. The molecule has 0 saturated carbocycles. The highest BCUT2D eigenvalue weighted by Crippen LogP contribution is 2.16. The van der Waals surface area contributed by atoms with E-state index >= 15 is 0 Å². The maximum atomic E-state index is 12.1. The zero-order valence-corrected chi connectivity index (χ0v) is 13.7. The van der Waals surface area contributed by atoms with Crippen molar-refractivity contribution < 1.29 is 14.6 Å². The highest BCUT2D eigenvalue weighted by molar-refractivity contribution is 9.10. The molecule has 116 valence electrons. The van der Waals surface area contributed by atoms with Crippen molar-refractivity contribution in [2.45, 2.75) is 19.0 Å². The fourth-order valence-electron chi connectivity index (χ4n) is 2.37. The van der Waals surface area contributed by atoms with Crippen LogP contribution in [0.25, 0.3) is 0 Å². The fraction of sp³-hybridized carbons (Fsp3) is 0.533. The first kappa shape index (κ1) is 16.4. The molecule has 1 amide bonds. The van der Waals surface area contributed by atoms with E-state index in [4.69, 9.17) is 4.74 Å². The maximum absolute atomic E-state index is 12.1. The Balaban J connectivity index is 1.87. The molecular weight excluding hydrogens is 336 g/mol. The zero-order valence-electron chi connectivity index (χ0n) is 12.1. The van der Waals surface area contributed by atoms with Gasteiger partial charge in [0.15, 0.2) is 0 Å². The molecule has 21 heavy (non-hydrogen) atoms. The Labute approximate surface area is 133 Å². The van der Waals surface area contributed by atoms with E-state index in [1.165, 1.54) is 0 Å². The van der Waals surface area contributed by atoms with Gasteiger partial charge in [-0.3, -0.25) is 9.69 Å². The summed E-state index contributed by atoms with van der Waals surface area (Å²) in [7, 11) is 0. The molecule has 1 aromatic carbocycles. The first-order valence-corrected chi connectivity index (χ1v) is 7.87. The van der Waals surface area contributed by atoms with Crippen LogP contribution in [-0.4, -0.2) is 54.9 Å². The summed E-state index contributed by atoms with van der Waals surface area (Å²) in [6, 6.07) is 7.76. The third-order valence-corrected chi connectivity index (χ3v) is 4.18. The first-order chi connectivity index (χ1) is 10.1. The summed E-state index contributed by atoms with van der Waals surface area (Å²) in [6.45, 7) is 4.01. The lowest BCUT2D eigenvalue weighted by molar-refractivity contribution is -0.125. The summed E-state index contributed by atoms with van der Waals surface area (Å²) in [5.41, 5.74) is 1.06. The molecule has 2 N–H and O–H groups in total. The largest absolute Gasteiger partial charge is 0.395 e. The Morgan fingerprint density at radius 2 is 2.24 bits per heavy atom. The number of rotatable bonds is 5. The van der Waals surface area contributed by atoms with Crippen LogP contribution in [0, 0.1) is 0 Å². The molecule has 0 spiro atoms. The molecule has 6 heteroatoms. The van der Waals surface area contributed by atoms with Crippen molar-refractivity contribution in [3.8, 4) is 0 Å². The van der Waals surface area contributed by atoms with Crippen LogP contribution in [0.1, 0.15) is 18.5 Å². The van der Waals surface area contributed by atoms with E-state index in [0.29, 0.717) is 19.8 Å². The van der Waals surface area contributed by atoms with E-state index in [9.17, 15) is 9.90 Å². The number of carbonyl (C=O) groups excluding carboxylic acids is 1. The van der Waals surface area contributed by atoms with Gasteiger partial charge in [-0.05, 0) is 24.6 Å². The number of aliphatic hydroxyl groups excluding tert-OH is 1. The van der Waals surface area contributed by atoms with Gasteiger partial charge in [0.05, 0.1) is 38.4 Å². The predicted molar refractivity (Wildman–Crippen MR) is 84.0 cm³/mol. The molecule has 2 rings (SSSR count). The minimum atomic E-state index is -0.0903. The highest BCUT2D eigenvalue weighted by Gasteiger charge is 2.24. The molecule has 0 bridgehead atoms. The van der Waals surface area contributed by atoms with Crippen LogP contribution in [0.5, 0.6) is 0 Å². The molecule has 2 unspecified atom stereocenters. The molecule has 0 radical (unpaired) electrons. The first-order valence-electron chi connectivity index (χ1n) is 7.07. The molecule has 1 saturated heterocycles. The third kappa shape index (κ3) is 4.78. The lowest BCUT2D eigenvalue weighted by Crippen LogP contribution is -2.51. The Kier molecular flexibility index (Phi) is 6.17. The SMILES string of the molecule is CC(NC(=O)CN1CCOCC1CO)c1ccc(Br)cc1. The standard InChI is InChI=1S/C15H21BrN2O3/c1-11(12-2-4-13(16)5-3-12)17-15(20)8-18-6-7-21-10-14(18)9-19/h2-5,11,14,19H,6-10H2,1H3,(H,17,20). The monoisotopic (exact) mass is 356 g/mol. The maximum Gasteiger partial charge on any atom is 0.234 e. The smallest absolute Gasteiger partial charge is 0.234 e. The molecule has 5 nitrogen and oxygen atoms in total. The highest BCUT2D eigenvalue weighted by atomic mass is 79.9. The van der Waals surface area contributed by atoms with Crippen LogP contribution in [0.3, 0.4) is 0 Å². The minimum absolute atomic E-state index is 0.00947. The lowest BCUT2D eigenvalue weighted by atomic mass is 10.1. The summed E-state index contributed by atoms with van der Waals surface area (Å²) in [4.78, 5) is 14.1. The summed E-state index contributed by atoms with van der Waals surface area (Å²) >= 11 is 3.40. The Bertz CT molecular complexity index is 466. The second-order valence-corrected chi connectivity index (χ2v) is 6.14. The average molecular weight is 357 g/mol.